The zero-order valence-electron chi connectivity index (χ0n) is 7.76. The first-order chi connectivity index (χ1) is 6.00. The molecule has 6 heteroatoms. The molecule has 0 radical (unpaired) electrons. The molecule has 4 nitrogen and oxygen atoms in total. The van der Waals surface area contributed by atoms with Crippen LogP contribution in [0.25, 0.3) is 0 Å². The zero-order chi connectivity index (χ0) is 10.0. The number of benzene rings is 1. The third kappa shape index (κ3) is 4.18. The SMILES string of the molecule is Cc1cc(C(=O)O)cc(C(=O)O)c1.Cl.Cl. The molecule has 0 saturated heterocycles. The highest BCUT2D eigenvalue weighted by molar-refractivity contribution is 5.94. The maximum absolute atomic E-state index is 10.5. The van der Waals surface area contributed by atoms with Gasteiger partial charge in [-0.15, -0.1) is 24.8 Å². The summed E-state index contributed by atoms with van der Waals surface area (Å²) in [5.74, 6) is -2.24. The van der Waals surface area contributed by atoms with E-state index >= 15 is 0 Å². The predicted molar refractivity (Wildman–Crippen MR) is 59.6 cm³/mol. The van der Waals surface area contributed by atoms with Gasteiger partial charge in [-0.1, -0.05) is 0 Å². The molecule has 84 valence electrons. The quantitative estimate of drug-likeness (QED) is 0.847. The number of carboxylic acid groups (broad SMARTS) is 2. The van der Waals surface area contributed by atoms with Gasteiger partial charge in [-0.25, -0.2) is 9.59 Å². The maximum atomic E-state index is 10.5. The summed E-state index contributed by atoms with van der Waals surface area (Å²) in [6.07, 6.45) is 0. The van der Waals surface area contributed by atoms with Gasteiger partial charge in [0.1, 0.15) is 0 Å². The van der Waals surface area contributed by atoms with Gasteiger partial charge in [0.15, 0.2) is 0 Å². The highest BCUT2D eigenvalue weighted by Crippen LogP contribution is 2.09. The number of aromatic carboxylic acids is 2. The van der Waals surface area contributed by atoms with Gasteiger partial charge >= 0.3 is 11.9 Å². The Morgan fingerprint density at radius 1 is 0.933 bits per heavy atom. The molecule has 0 aliphatic heterocycles. The van der Waals surface area contributed by atoms with Crippen molar-refractivity contribution >= 4 is 36.8 Å². The van der Waals surface area contributed by atoms with E-state index in [-0.39, 0.29) is 35.9 Å². The molecule has 0 aliphatic carbocycles. The summed E-state index contributed by atoms with van der Waals surface area (Å²) in [5, 5.41) is 17.2. The molecule has 1 rings (SSSR count). The van der Waals surface area contributed by atoms with Crippen molar-refractivity contribution in [3.8, 4) is 0 Å². The van der Waals surface area contributed by atoms with Gasteiger partial charge in [-0.3, -0.25) is 0 Å². The second-order valence-electron chi connectivity index (χ2n) is 2.70. The van der Waals surface area contributed by atoms with E-state index in [1.165, 1.54) is 12.1 Å². The molecular weight excluding hydrogens is 243 g/mol. The van der Waals surface area contributed by atoms with Crippen molar-refractivity contribution in [1.29, 1.82) is 0 Å². The van der Waals surface area contributed by atoms with E-state index in [2.05, 4.69) is 0 Å². The van der Waals surface area contributed by atoms with Crippen LogP contribution in [0.1, 0.15) is 26.3 Å². The number of aryl methyl sites for hydroxylation is 1. The molecule has 15 heavy (non-hydrogen) atoms. The molecule has 0 bridgehead atoms. The molecule has 0 aliphatic rings. The molecule has 0 saturated carbocycles. The van der Waals surface area contributed by atoms with Gasteiger partial charge in [0.25, 0.3) is 0 Å². The number of carboxylic acids is 2. The normalized spacial score (nSPS) is 8.33. The van der Waals surface area contributed by atoms with Crippen LogP contribution in [0.4, 0.5) is 0 Å². The Morgan fingerprint density at radius 2 is 1.27 bits per heavy atom. The van der Waals surface area contributed by atoms with Crippen LogP contribution in [0, 0.1) is 6.92 Å². The zero-order valence-corrected chi connectivity index (χ0v) is 9.39. The molecule has 0 aromatic heterocycles. The van der Waals surface area contributed by atoms with Crippen molar-refractivity contribution in [2.24, 2.45) is 0 Å². The number of carbonyl (C=O) groups is 2. The fraction of sp³-hybridized carbons (Fsp3) is 0.111. The Morgan fingerprint density at radius 3 is 1.53 bits per heavy atom. The van der Waals surface area contributed by atoms with Crippen LogP contribution < -0.4 is 0 Å². The van der Waals surface area contributed by atoms with Crippen LogP contribution in [0.2, 0.25) is 0 Å². The van der Waals surface area contributed by atoms with E-state index in [9.17, 15) is 9.59 Å². The van der Waals surface area contributed by atoms with E-state index in [0.29, 0.717) is 5.56 Å². The standard InChI is InChI=1S/C9H8O4.2ClH/c1-5-2-6(8(10)11)4-7(3-5)9(12)13;;/h2-4H,1H3,(H,10,11)(H,12,13);2*1H. The van der Waals surface area contributed by atoms with Gasteiger partial charge in [0.05, 0.1) is 11.1 Å². The summed E-state index contributed by atoms with van der Waals surface area (Å²) in [7, 11) is 0. The first kappa shape index (κ1) is 16.2. The minimum Gasteiger partial charge on any atom is -0.478 e. The van der Waals surface area contributed by atoms with Crippen molar-refractivity contribution in [2.45, 2.75) is 6.92 Å². The Kier molecular flexibility index (Phi) is 6.76. The Labute approximate surface area is 98.7 Å². The molecule has 1 aromatic rings. The van der Waals surface area contributed by atoms with Crippen LogP contribution >= 0.6 is 24.8 Å². The van der Waals surface area contributed by atoms with Crippen molar-refractivity contribution in [3.05, 3.63) is 34.9 Å². The van der Waals surface area contributed by atoms with Crippen LogP contribution in [-0.2, 0) is 0 Å². The Hall–Kier alpha value is -1.26. The van der Waals surface area contributed by atoms with Crippen molar-refractivity contribution in [3.63, 3.8) is 0 Å². The lowest BCUT2D eigenvalue weighted by atomic mass is 10.1. The summed E-state index contributed by atoms with van der Waals surface area (Å²) in [6.45, 7) is 1.65. The van der Waals surface area contributed by atoms with Crippen LogP contribution in [0.3, 0.4) is 0 Å². The van der Waals surface area contributed by atoms with Crippen LogP contribution in [0.5, 0.6) is 0 Å². The lowest BCUT2D eigenvalue weighted by molar-refractivity contribution is 0.0696. The van der Waals surface area contributed by atoms with Crippen LogP contribution in [0.15, 0.2) is 18.2 Å². The topological polar surface area (TPSA) is 74.6 Å². The highest BCUT2D eigenvalue weighted by Gasteiger charge is 2.09. The molecular formula is C9H10Cl2O4. The number of halogens is 2. The van der Waals surface area contributed by atoms with Gasteiger partial charge in [-0.2, -0.15) is 0 Å². The fourth-order valence-electron chi connectivity index (χ4n) is 1.03. The molecule has 0 amide bonds. The fourth-order valence-corrected chi connectivity index (χ4v) is 1.03. The summed E-state index contributed by atoms with van der Waals surface area (Å²) in [4.78, 5) is 21.1. The van der Waals surface area contributed by atoms with E-state index < -0.39 is 11.9 Å². The minimum atomic E-state index is -1.12. The molecule has 0 heterocycles. The van der Waals surface area contributed by atoms with Crippen molar-refractivity contribution < 1.29 is 19.8 Å². The number of hydrogen-bond acceptors (Lipinski definition) is 2. The second-order valence-corrected chi connectivity index (χ2v) is 2.70. The molecule has 0 unspecified atom stereocenters. The molecule has 0 atom stereocenters. The van der Waals surface area contributed by atoms with Crippen LogP contribution in [-0.4, -0.2) is 22.2 Å². The highest BCUT2D eigenvalue weighted by atomic mass is 35.5. The summed E-state index contributed by atoms with van der Waals surface area (Å²) >= 11 is 0. The van der Waals surface area contributed by atoms with E-state index in [4.69, 9.17) is 10.2 Å². The summed E-state index contributed by atoms with van der Waals surface area (Å²) in [5.41, 5.74) is 0.618. The third-order valence-corrected chi connectivity index (χ3v) is 1.57. The summed E-state index contributed by atoms with van der Waals surface area (Å²) in [6, 6.07) is 3.99. The Bertz CT molecular complexity index is 344. The monoisotopic (exact) mass is 252 g/mol. The van der Waals surface area contributed by atoms with E-state index in [0.717, 1.165) is 6.07 Å². The number of hydrogen-bond donors (Lipinski definition) is 2. The third-order valence-electron chi connectivity index (χ3n) is 1.57. The van der Waals surface area contributed by atoms with E-state index in [1.54, 1.807) is 6.92 Å². The predicted octanol–water partition coefficient (Wildman–Crippen LogP) is 2.24. The number of rotatable bonds is 2. The van der Waals surface area contributed by atoms with Gasteiger partial charge in [0, 0.05) is 0 Å². The van der Waals surface area contributed by atoms with Gasteiger partial charge < -0.3 is 10.2 Å². The molecule has 2 N–H and O–H groups in total. The summed E-state index contributed by atoms with van der Waals surface area (Å²) < 4.78 is 0. The lowest BCUT2D eigenvalue weighted by Crippen LogP contribution is -2.02. The average Bonchev–Trinajstić information content (AvgIpc) is 2.03. The average molecular weight is 253 g/mol. The minimum absolute atomic E-state index is 0. The molecule has 1 aromatic carbocycles. The molecule has 0 fully saturated rings. The second kappa shape index (κ2) is 6.27. The van der Waals surface area contributed by atoms with E-state index in [1.807, 2.05) is 0 Å². The van der Waals surface area contributed by atoms with Gasteiger partial charge in [-0.05, 0) is 30.7 Å². The van der Waals surface area contributed by atoms with Crippen molar-refractivity contribution in [1.82, 2.24) is 0 Å². The Balaban J connectivity index is 0. The van der Waals surface area contributed by atoms with Gasteiger partial charge in [0.2, 0.25) is 0 Å². The molecule has 0 spiro atoms. The van der Waals surface area contributed by atoms with Crippen molar-refractivity contribution in [2.75, 3.05) is 0 Å². The first-order valence-corrected chi connectivity index (χ1v) is 3.59. The first-order valence-electron chi connectivity index (χ1n) is 3.59. The lowest BCUT2D eigenvalue weighted by Gasteiger charge is -1.99. The smallest absolute Gasteiger partial charge is 0.335 e. The largest absolute Gasteiger partial charge is 0.478 e. The maximum Gasteiger partial charge on any atom is 0.335 e.